The molecule has 0 heterocycles. The van der Waals surface area contributed by atoms with E-state index in [-0.39, 0.29) is 5.91 Å². The molecule has 2 aromatic rings. The summed E-state index contributed by atoms with van der Waals surface area (Å²) in [6.45, 7) is 3.88. The fraction of sp³-hybridized carbons (Fsp3) is 0.133. The molecule has 0 unspecified atom stereocenters. The van der Waals surface area contributed by atoms with Crippen LogP contribution in [0.4, 0.5) is 5.69 Å². The Bertz CT molecular complexity index is 620. The zero-order valence-corrected chi connectivity index (χ0v) is 13.5. The number of aryl methyl sites for hydroxylation is 2. The summed E-state index contributed by atoms with van der Waals surface area (Å²) in [6.07, 6.45) is 0. The van der Waals surface area contributed by atoms with Crippen LogP contribution in [-0.2, 0) is 0 Å². The molecule has 4 heteroatoms. The van der Waals surface area contributed by atoms with E-state index in [1.807, 2.05) is 44.2 Å². The Labute approximate surface area is 131 Å². The Kier molecular flexibility index (Phi) is 4.47. The van der Waals surface area contributed by atoms with Gasteiger partial charge in [-0.3, -0.25) is 4.79 Å². The highest BCUT2D eigenvalue weighted by Gasteiger charge is 2.13. The van der Waals surface area contributed by atoms with Crippen molar-refractivity contribution in [3.63, 3.8) is 0 Å². The highest BCUT2D eigenvalue weighted by atomic mass is 127. The van der Waals surface area contributed by atoms with E-state index in [9.17, 15) is 4.79 Å². The Morgan fingerprint density at radius 3 is 2.37 bits per heavy atom. The summed E-state index contributed by atoms with van der Waals surface area (Å²) in [7, 11) is 0. The molecule has 1 amide bonds. The molecule has 0 aliphatic carbocycles. The van der Waals surface area contributed by atoms with E-state index in [0.717, 1.165) is 25.9 Å². The van der Waals surface area contributed by atoms with Gasteiger partial charge < -0.3 is 5.32 Å². The lowest BCUT2D eigenvalue weighted by atomic mass is 10.0. The summed E-state index contributed by atoms with van der Waals surface area (Å²) >= 11 is 8.06. The summed E-state index contributed by atoms with van der Waals surface area (Å²) in [6, 6.07) is 11.2. The third-order valence-corrected chi connectivity index (χ3v) is 4.02. The third kappa shape index (κ3) is 3.28. The van der Waals surface area contributed by atoms with Gasteiger partial charge in [0.15, 0.2) is 0 Å². The maximum Gasteiger partial charge on any atom is 0.256 e. The van der Waals surface area contributed by atoms with Gasteiger partial charge in [-0.25, -0.2) is 0 Å². The zero-order valence-electron chi connectivity index (χ0n) is 10.6. The molecule has 0 aromatic heterocycles. The Hall–Kier alpha value is -1.07. The molecule has 0 atom stereocenters. The molecule has 0 bridgehead atoms. The summed E-state index contributed by atoms with van der Waals surface area (Å²) in [4.78, 5) is 12.3. The lowest BCUT2D eigenvalue weighted by Gasteiger charge is -2.11. The van der Waals surface area contributed by atoms with Crippen molar-refractivity contribution in [1.29, 1.82) is 0 Å². The average Bonchev–Trinajstić information content (AvgIpc) is 2.32. The van der Waals surface area contributed by atoms with Crippen molar-refractivity contribution >= 4 is 45.8 Å². The standard InChI is InChI=1S/C15H13ClINO/c1-9-4-3-5-10(2)14(9)15(19)18-13-7-6-11(16)8-12(13)17/h3-8H,1-2H3,(H,18,19). The first-order valence-corrected chi connectivity index (χ1v) is 7.27. The van der Waals surface area contributed by atoms with Gasteiger partial charge >= 0.3 is 0 Å². The third-order valence-electron chi connectivity index (χ3n) is 2.89. The predicted molar refractivity (Wildman–Crippen MR) is 88.0 cm³/mol. The van der Waals surface area contributed by atoms with Gasteiger partial charge in [-0.2, -0.15) is 0 Å². The smallest absolute Gasteiger partial charge is 0.256 e. The SMILES string of the molecule is Cc1cccc(C)c1C(=O)Nc1ccc(Cl)cc1I. The maximum absolute atomic E-state index is 12.3. The fourth-order valence-electron chi connectivity index (χ4n) is 1.95. The van der Waals surface area contributed by atoms with E-state index < -0.39 is 0 Å². The predicted octanol–water partition coefficient (Wildman–Crippen LogP) is 4.81. The number of rotatable bonds is 2. The minimum atomic E-state index is -0.0872. The van der Waals surface area contributed by atoms with Gasteiger partial charge in [0.2, 0.25) is 0 Å². The molecule has 1 N–H and O–H groups in total. The lowest BCUT2D eigenvalue weighted by molar-refractivity contribution is 0.102. The minimum absolute atomic E-state index is 0.0872. The number of carbonyl (C=O) groups excluding carboxylic acids is 1. The molecule has 0 aliphatic heterocycles. The van der Waals surface area contributed by atoms with Crippen molar-refractivity contribution in [2.75, 3.05) is 5.32 Å². The number of hydrogen-bond donors (Lipinski definition) is 1. The van der Waals surface area contributed by atoms with Crippen molar-refractivity contribution in [1.82, 2.24) is 0 Å². The Balaban J connectivity index is 2.31. The van der Waals surface area contributed by atoms with Crippen LogP contribution in [0.25, 0.3) is 0 Å². The number of benzene rings is 2. The van der Waals surface area contributed by atoms with Crippen LogP contribution < -0.4 is 5.32 Å². The van der Waals surface area contributed by atoms with Crippen LogP contribution in [0.5, 0.6) is 0 Å². The molecule has 2 rings (SSSR count). The first kappa shape index (κ1) is 14.3. The molecule has 98 valence electrons. The summed E-state index contributed by atoms with van der Waals surface area (Å²) in [5.41, 5.74) is 3.45. The van der Waals surface area contributed by atoms with Crippen LogP contribution in [0.2, 0.25) is 5.02 Å². The number of amides is 1. The number of nitrogens with one attached hydrogen (secondary N) is 1. The van der Waals surface area contributed by atoms with Crippen molar-refractivity contribution in [3.05, 3.63) is 61.7 Å². The summed E-state index contributed by atoms with van der Waals surface area (Å²) in [5, 5.41) is 3.59. The van der Waals surface area contributed by atoms with E-state index in [2.05, 4.69) is 27.9 Å². The number of carbonyl (C=O) groups is 1. The largest absolute Gasteiger partial charge is 0.321 e. The van der Waals surface area contributed by atoms with Crippen molar-refractivity contribution in [2.24, 2.45) is 0 Å². The Morgan fingerprint density at radius 2 is 1.79 bits per heavy atom. The molecule has 0 fully saturated rings. The molecular formula is C15H13ClINO. The molecule has 0 saturated heterocycles. The van der Waals surface area contributed by atoms with Gasteiger partial charge in [0.05, 0.1) is 5.69 Å². The monoisotopic (exact) mass is 385 g/mol. The van der Waals surface area contributed by atoms with E-state index in [4.69, 9.17) is 11.6 Å². The van der Waals surface area contributed by atoms with E-state index in [1.54, 1.807) is 6.07 Å². The first-order valence-electron chi connectivity index (χ1n) is 5.81. The minimum Gasteiger partial charge on any atom is -0.321 e. The van der Waals surface area contributed by atoms with Gasteiger partial charge in [0, 0.05) is 14.2 Å². The quantitative estimate of drug-likeness (QED) is 0.738. The summed E-state index contributed by atoms with van der Waals surface area (Å²) < 4.78 is 0.921. The van der Waals surface area contributed by atoms with Crippen LogP contribution in [-0.4, -0.2) is 5.91 Å². The topological polar surface area (TPSA) is 29.1 Å². The number of halogens is 2. The van der Waals surface area contributed by atoms with E-state index in [1.165, 1.54) is 0 Å². The van der Waals surface area contributed by atoms with Gasteiger partial charge in [-0.15, -0.1) is 0 Å². The molecule has 0 saturated carbocycles. The fourth-order valence-corrected chi connectivity index (χ4v) is 2.95. The molecule has 0 aliphatic rings. The lowest BCUT2D eigenvalue weighted by Crippen LogP contribution is -2.15. The second-order valence-electron chi connectivity index (χ2n) is 4.35. The molecule has 19 heavy (non-hydrogen) atoms. The second kappa shape index (κ2) is 5.92. The van der Waals surface area contributed by atoms with E-state index in [0.29, 0.717) is 5.02 Å². The second-order valence-corrected chi connectivity index (χ2v) is 5.94. The maximum atomic E-state index is 12.3. The molecule has 0 spiro atoms. The van der Waals surface area contributed by atoms with Crippen molar-refractivity contribution in [3.8, 4) is 0 Å². The molecular weight excluding hydrogens is 373 g/mol. The van der Waals surface area contributed by atoms with Gasteiger partial charge in [-0.1, -0.05) is 29.8 Å². The van der Waals surface area contributed by atoms with Gasteiger partial charge in [0.1, 0.15) is 0 Å². The van der Waals surface area contributed by atoms with Crippen molar-refractivity contribution < 1.29 is 4.79 Å². The van der Waals surface area contributed by atoms with Crippen molar-refractivity contribution in [2.45, 2.75) is 13.8 Å². The van der Waals surface area contributed by atoms with Crippen LogP contribution in [0.1, 0.15) is 21.5 Å². The molecule has 0 radical (unpaired) electrons. The zero-order chi connectivity index (χ0) is 14.0. The van der Waals surface area contributed by atoms with Crippen LogP contribution in [0, 0.1) is 17.4 Å². The van der Waals surface area contributed by atoms with Crippen LogP contribution in [0.15, 0.2) is 36.4 Å². The van der Waals surface area contributed by atoms with Gasteiger partial charge in [-0.05, 0) is 65.8 Å². The molecule has 2 aromatic carbocycles. The van der Waals surface area contributed by atoms with E-state index >= 15 is 0 Å². The number of anilines is 1. The van der Waals surface area contributed by atoms with Crippen LogP contribution >= 0.6 is 34.2 Å². The Morgan fingerprint density at radius 1 is 1.16 bits per heavy atom. The van der Waals surface area contributed by atoms with Crippen LogP contribution in [0.3, 0.4) is 0 Å². The highest BCUT2D eigenvalue weighted by molar-refractivity contribution is 14.1. The molecule has 2 nitrogen and oxygen atoms in total. The normalized spacial score (nSPS) is 10.3. The average molecular weight is 386 g/mol. The first-order chi connectivity index (χ1) is 8.99. The highest BCUT2D eigenvalue weighted by Crippen LogP contribution is 2.23. The summed E-state index contributed by atoms with van der Waals surface area (Å²) in [5.74, 6) is -0.0872. The van der Waals surface area contributed by atoms with Gasteiger partial charge in [0.25, 0.3) is 5.91 Å². The number of hydrogen-bond acceptors (Lipinski definition) is 1.